The van der Waals surface area contributed by atoms with Crippen molar-refractivity contribution in [1.29, 1.82) is 5.26 Å². The van der Waals surface area contributed by atoms with Crippen LogP contribution < -0.4 is 10.6 Å². The highest BCUT2D eigenvalue weighted by atomic mass is 35.5. The Morgan fingerprint density at radius 2 is 2.00 bits per heavy atom. The molecule has 1 fully saturated rings. The number of guanidine groups is 1. The van der Waals surface area contributed by atoms with Crippen molar-refractivity contribution in [3.8, 4) is 6.19 Å². The largest absolute Gasteiger partial charge is 0.480 e. The zero-order valence-corrected chi connectivity index (χ0v) is 23.7. The smallest absolute Gasteiger partial charge is 0.328 e. The molecule has 3 aromatic rings. The van der Waals surface area contributed by atoms with Gasteiger partial charge < -0.3 is 29.7 Å². The van der Waals surface area contributed by atoms with E-state index >= 15 is 0 Å². The van der Waals surface area contributed by atoms with E-state index in [-0.39, 0.29) is 40.6 Å². The number of aliphatic imine (C=N–C) groups is 1. The van der Waals surface area contributed by atoms with E-state index in [0.717, 1.165) is 5.39 Å². The van der Waals surface area contributed by atoms with Gasteiger partial charge in [0.2, 0.25) is 5.96 Å². The van der Waals surface area contributed by atoms with Gasteiger partial charge >= 0.3 is 5.97 Å². The van der Waals surface area contributed by atoms with Gasteiger partial charge in [0.15, 0.2) is 6.19 Å². The van der Waals surface area contributed by atoms with Gasteiger partial charge in [-0.2, -0.15) is 5.26 Å². The molecular formula is C28H26Cl2N6O6. The van der Waals surface area contributed by atoms with Gasteiger partial charge in [-0.15, -0.1) is 0 Å². The van der Waals surface area contributed by atoms with E-state index in [1.54, 1.807) is 40.5 Å². The van der Waals surface area contributed by atoms with Crippen LogP contribution >= 0.6 is 23.2 Å². The summed E-state index contributed by atoms with van der Waals surface area (Å²) in [4.78, 5) is 45.8. The summed E-state index contributed by atoms with van der Waals surface area (Å²) in [6, 6.07) is 7.17. The van der Waals surface area contributed by atoms with E-state index in [2.05, 4.69) is 15.6 Å². The molecule has 1 saturated heterocycles. The van der Waals surface area contributed by atoms with Crippen LogP contribution in [0.1, 0.15) is 38.3 Å². The molecule has 0 saturated carbocycles. The molecule has 0 spiro atoms. The van der Waals surface area contributed by atoms with Crippen LogP contribution in [0.2, 0.25) is 10.0 Å². The minimum atomic E-state index is -1.46. The summed E-state index contributed by atoms with van der Waals surface area (Å²) in [6.45, 7) is 0.842. The monoisotopic (exact) mass is 612 g/mol. The third kappa shape index (κ3) is 5.99. The normalized spacial score (nSPS) is 17.5. The van der Waals surface area contributed by atoms with Crippen molar-refractivity contribution in [1.82, 2.24) is 20.4 Å². The Balaban J connectivity index is 1.31. The standard InChI is InChI=1S/C28H26Cl2N6O6/c29-20-9-17-12-35(26(39)16-2-1-15-5-8-42-22(15)10-16)7-4-19(17)24(30)23(20)25(38)34-21(27(40)41)11-32-28(33-14-31)36-6-3-18(37)13-36/h1-2,5,8-10,18,21,37H,3-4,6-7,11-13H2,(H,32,33)(H,34,38)(H,40,41)/t18-,21?/m1/s1. The average Bonchev–Trinajstić information content (AvgIpc) is 3.62. The molecule has 5 rings (SSSR count). The number of aliphatic carboxylic acids is 1. The van der Waals surface area contributed by atoms with Crippen LogP contribution in [0.5, 0.6) is 0 Å². The molecule has 0 bridgehead atoms. The molecule has 2 aliphatic heterocycles. The Hall–Kier alpha value is -4.31. The van der Waals surface area contributed by atoms with Gasteiger partial charge in [0, 0.05) is 37.1 Å². The van der Waals surface area contributed by atoms with Crippen molar-refractivity contribution in [3.63, 3.8) is 0 Å². The van der Waals surface area contributed by atoms with Gasteiger partial charge in [-0.25, -0.2) is 9.79 Å². The SMILES string of the molecule is N#CNC(=NCC(NC(=O)c1c(Cl)cc2c(c1Cl)CCN(C(=O)c1ccc3ccoc3c1)C2)C(=O)O)N1CC[C@@H](O)C1. The molecule has 42 heavy (non-hydrogen) atoms. The van der Waals surface area contributed by atoms with Gasteiger partial charge in [-0.05, 0) is 48.2 Å². The first-order chi connectivity index (χ1) is 20.2. The van der Waals surface area contributed by atoms with Crippen molar-refractivity contribution in [3.05, 3.63) is 68.9 Å². The molecule has 1 unspecified atom stereocenters. The molecule has 2 amide bonds. The van der Waals surface area contributed by atoms with Crippen molar-refractivity contribution < 1.29 is 29.0 Å². The maximum atomic E-state index is 13.2. The molecule has 3 heterocycles. The summed E-state index contributed by atoms with van der Waals surface area (Å²) in [5.41, 5.74) is 2.34. The number of likely N-dealkylation sites (tertiary alicyclic amines) is 1. The summed E-state index contributed by atoms with van der Waals surface area (Å²) in [5, 5.41) is 34.4. The fourth-order valence-corrected chi connectivity index (χ4v) is 5.86. The Bertz CT molecular complexity index is 1630. The van der Waals surface area contributed by atoms with Crippen molar-refractivity contribution in [2.45, 2.75) is 31.5 Å². The number of carbonyl (C=O) groups excluding carboxylic acids is 2. The van der Waals surface area contributed by atoms with Gasteiger partial charge in [-0.1, -0.05) is 29.3 Å². The number of rotatable bonds is 6. The lowest BCUT2D eigenvalue weighted by Crippen LogP contribution is -2.45. The molecule has 1 aromatic heterocycles. The number of aliphatic hydroxyl groups is 1. The fraction of sp³-hybridized carbons (Fsp3) is 0.321. The topological polar surface area (TPSA) is 172 Å². The van der Waals surface area contributed by atoms with E-state index in [9.17, 15) is 24.6 Å². The van der Waals surface area contributed by atoms with Crippen LogP contribution in [0.15, 0.2) is 46.0 Å². The summed E-state index contributed by atoms with van der Waals surface area (Å²) in [6.07, 6.45) is 3.56. The summed E-state index contributed by atoms with van der Waals surface area (Å²) >= 11 is 13.1. The highest BCUT2D eigenvalue weighted by Gasteiger charge is 2.30. The molecule has 2 aliphatic rings. The first-order valence-electron chi connectivity index (χ1n) is 13.1. The number of nitrogens with zero attached hydrogens (tertiary/aromatic N) is 4. The molecule has 218 valence electrons. The number of nitrogens with one attached hydrogen (secondary N) is 2. The van der Waals surface area contributed by atoms with Crippen LogP contribution in [-0.4, -0.2) is 82.1 Å². The maximum absolute atomic E-state index is 13.2. The molecule has 2 atom stereocenters. The predicted octanol–water partition coefficient (Wildman–Crippen LogP) is 2.61. The Kier molecular flexibility index (Phi) is 8.54. The molecular weight excluding hydrogens is 587 g/mol. The second kappa shape index (κ2) is 12.3. The summed E-state index contributed by atoms with van der Waals surface area (Å²) < 4.78 is 5.41. The highest BCUT2D eigenvalue weighted by molar-refractivity contribution is 6.40. The number of carbonyl (C=O) groups is 3. The first-order valence-corrected chi connectivity index (χ1v) is 13.8. The first kappa shape index (κ1) is 29.2. The number of β-amino-alcohol motifs (C(OH)–C–C–N with tert-alkyl or cyclic N) is 1. The molecule has 12 nitrogen and oxygen atoms in total. The number of aliphatic hydroxyl groups excluding tert-OH is 1. The number of fused-ring (bicyclic) bond motifs is 2. The van der Waals surface area contributed by atoms with Crippen LogP contribution in [-0.2, 0) is 17.8 Å². The van der Waals surface area contributed by atoms with Crippen LogP contribution in [0, 0.1) is 11.5 Å². The number of amides is 2. The quantitative estimate of drug-likeness (QED) is 0.141. The number of carboxylic acids is 1. The average molecular weight is 613 g/mol. The minimum absolute atomic E-state index is 0.00749. The predicted molar refractivity (Wildman–Crippen MR) is 153 cm³/mol. The van der Waals surface area contributed by atoms with Crippen LogP contribution in [0.4, 0.5) is 0 Å². The molecule has 2 aromatic carbocycles. The number of furan rings is 1. The number of hydrogen-bond acceptors (Lipinski definition) is 7. The van der Waals surface area contributed by atoms with Crippen molar-refractivity contribution in [2.24, 2.45) is 4.99 Å². The number of halogens is 2. The van der Waals surface area contributed by atoms with E-state index in [0.29, 0.717) is 48.2 Å². The lowest BCUT2D eigenvalue weighted by Gasteiger charge is -2.30. The van der Waals surface area contributed by atoms with Crippen LogP contribution in [0.3, 0.4) is 0 Å². The van der Waals surface area contributed by atoms with Gasteiger partial charge in [0.1, 0.15) is 11.6 Å². The van der Waals surface area contributed by atoms with Crippen molar-refractivity contribution >= 4 is 57.9 Å². The van der Waals surface area contributed by atoms with E-state index in [4.69, 9.17) is 32.9 Å². The fourth-order valence-electron chi connectivity index (χ4n) is 5.10. The lowest BCUT2D eigenvalue weighted by atomic mass is 9.96. The van der Waals surface area contributed by atoms with Crippen molar-refractivity contribution in [2.75, 3.05) is 26.2 Å². The van der Waals surface area contributed by atoms with Gasteiger partial charge in [-0.3, -0.25) is 14.9 Å². The van der Waals surface area contributed by atoms with Crippen LogP contribution in [0.25, 0.3) is 11.0 Å². The van der Waals surface area contributed by atoms with Gasteiger partial charge in [0.05, 0.1) is 34.5 Å². The summed E-state index contributed by atoms with van der Waals surface area (Å²) in [7, 11) is 0. The second-order valence-electron chi connectivity index (χ2n) is 9.99. The molecule has 4 N–H and O–H groups in total. The molecule has 14 heteroatoms. The number of nitriles is 1. The van der Waals surface area contributed by atoms with E-state index in [1.807, 2.05) is 12.1 Å². The Labute approximate surface area is 250 Å². The maximum Gasteiger partial charge on any atom is 0.328 e. The van der Waals surface area contributed by atoms with Gasteiger partial charge in [0.25, 0.3) is 11.8 Å². The third-order valence-corrected chi connectivity index (χ3v) is 8.00. The zero-order chi connectivity index (χ0) is 30.0. The number of hydrogen-bond donors (Lipinski definition) is 4. The Morgan fingerprint density at radius 3 is 2.71 bits per heavy atom. The zero-order valence-electron chi connectivity index (χ0n) is 22.1. The highest BCUT2D eigenvalue weighted by Crippen LogP contribution is 2.35. The second-order valence-corrected chi connectivity index (χ2v) is 10.8. The number of carboxylic acid groups (broad SMARTS) is 1. The number of benzene rings is 2. The Morgan fingerprint density at radius 1 is 1.19 bits per heavy atom. The molecule has 0 aliphatic carbocycles. The summed E-state index contributed by atoms with van der Waals surface area (Å²) in [5.74, 6) is -2.24. The molecule has 0 radical (unpaired) electrons. The van der Waals surface area contributed by atoms with E-state index in [1.165, 1.54) is 0 Å². The minimum Gasteiger partial charge on any atom is -0.480 e. The van der Waals surface area contributed by atoms with E-state index < -0.39 is 30.6 Å². The lowest BCUT2D eigenvalue weighted by molar-refractivity contribution is -0.138. The third-order valence-electron chi connectivity index (χ3n) is 7.28.